The number of carbonyl (C=O) groups excluding carboxylic acids is 3. The van der Waals surface area contributed by atoms with Crippen LogP contribution in [0.2, 0.25) is 0 Å². The fraction of sp³-hybridized carbons (Fsp3) is 0.526. The Morgan fingerprint density at radius 1 is 1.34 bits per heavy atom. The molecule has 3 atom stereocenters. The van der Waals surface area contributed by atoms with E-state index in [0.717, 1.165) is 19.1 Å². The SMILES string of the molecule is CCOC(=O)[C@H]1C(C)([N+](=O)[O-])[C@@]12C(=O)N(C(=O)OC(C)(C)C)c1ccc(F)cc12. The van der Waals surface area contributed by atoms with E-state index in [1.807, 2.05) is 0 Å². The van der Waals surface area contributed by atoms with Crippen molar-refractivity contribution >= 4 is 23.7 Å². The molecule has 0 N–H and O–H groups in total. The van der Waals surface area contributed by atoms with Crippen molar-refractivity contribution in [3.05, 3.63) is 39.7 Å². The number of nitro groups is 1. The second-order valence-electron chi connectivity index (χ2n) is 8.18. The number of anilines is 1. The first-order valence-corrected chi connectivity index (χ1v) is 9.02. The Kier molecular flexibility index (Phi) is 4.44. The first-order chi connectivity index (χ1) is 13.3. The maximum Gasteiger partial charge on any atom is 0.421 e. The van der Waals surface area contributed by atoms with Gasteiger partial charge in [0.15, 0.2) is 11.3 Å². The molecule has 9 nitrogen and oxygen atoms in total. The number of hydrogen-bond donors (Lipinski definition) is 0. The highest BCUT2D eigenvalue weighted by molar-refractivity contribution is 6.25. The summed E-state index contributed by atoms with van der Waals surface area (Å²) >= 11 is 0. The molecular formula is C19H21FN2O7. The predicted octanol–water partition coefficient (Wildman–Crippen LogP) is 2.57. The van der Waals surface area contributed by atoms with E-state index in [-0.39, 0.29) is 17.9 Å². The number of amides is 2. The van der Waals surface area contributed by atoms with Crippen LogP contribution in [-0.2, 0) is 24.5 Å². The number of fused-ring (bicyclic) bond motifs is 2. The van der Waals surface area contributed by atoms with Crippen LogP contribution in [0.3, 0.4) is 0 Å². The minimum absolute atomic E-state index is 0.0504. The monoisotopic (exact) mass is 408 g/mol. The lowest BCUT2D eigenvalue weighted by atomic mass is 9.91. The van der Waals surface area contributed by atoms with Crippen LogP contribution >= 0.6 is 0 Å². The van der Waals surface area contributed by atoms with E-state index in [1.54, 1.807) is 20.8 Å². The molecular weight excluding hydrogens is 387 g/mol. The highest BCUT2D eigenvalue weighted by Gasteiger charge is 2.94. The maximum absolute atomic E-state index is 14.1. The molecule has 0 radical (unpaired) electrons. The van der Waals surface area contributed by atoms with Crippen LogP contribution in [0.1, 0.15) is 40.2 Å². The molecule has 0 aromatic heterocycles. The molecule has 1 saturated carbocycles. The highest BCUT2D eigenvalue weighted by Crippen LogP contribution is 2.70. The number of halogens is 1. The van der Waals surface area contributed by atoms with Gasteiger partial charge in [0, 0.05) is 17.4 Å². The van der Waals surface area contributed by atoms with E-state index in [1.165, 1.54) is 13.0 Å². The molecule has 1 heterocycles. The summed E-state index contributed by atoms with van der Waals surface area (Å²) in [5, 5.41) is 11.9. The Morgan fingerprint density at radius 2 is 1.97 bits per heavy atom. The molecule has 1 aromatic carbocycles. The van der Waals surface area contributed by atoms with Crippen molar-refractivity contribution in [3.8, 4) is 0 Å². The molecule has 156 valence electrons. The van der Waals surface area contributed by atoms with Gasteiger partial charge in [-0.15, -0.1) is 0 Å². The van der Waals surface area contributed by atoms with Crippen molar-refractivity contribution in [2.45, 2.75) is 51.2 Å². The third-order valence-electron chi connectivity index (χ3n) is 5.35. The van der Waals surface area contributed by atoms with Crippen LogP contribution in [0.15, 0.2) is 18.2 Å². The van der Waals surface area contributed by atoms with E-state index >= 15 is 0 Å². The van der Waals surface area contributed by atoms with Gasteiger partial charge < -0.3 is 9.47 Å². The van der Waals surface area contributed by atoms with E-state index in [2.05, 4.69) is 0 Å². The molecule has 2 amide bonds. The molecule has 1 aliphatic heterocycles. The van der Waals surface area contributed by atoms with Crippen LogP contribution in [-0.4, -0.2) is 40.6 Å². The molecule has 0 saturated heterocycles. The Labute approximate surface area is 165 Å². The third-order valence-corrected chi connectivity index (χ3v) is 5.35. The standard InChI is InChI=1S/C19H21FN2O7/c1-6-28-14(23)13-18(5,22(26)27)19(13)11-9-10(20)7-8-12(11)21(15(19)24)16(25)29-17(2,3)4/h7-9,13H,6H2,1-5H3/t13-,18?,19+/m0/s1. The summed E-state index contributed by atoms with van der Waals surface area (Å²) in [5.41, 5.74) is -5.27. The lowest BCUT2D eigenvalue weighted by Crippen LogP contribution is -2.44. The summed E-state index contributed by atoms with van der Waals surface area (Å²) in [6.45, 7) is 7.36. The Morgan fingerprint density at radius 3 is 2.48 bits per heavy atom. The average Bonchev–Trinajstić information content (AvgIpc) is 3.08. The van der Waals surface area contributed by atoms with Crippen LogP contribution in [0.4, 0.5) is 14.9 Å². The third kappa shape index (κ3) is 2.61. The normalized spacial score (nSPS) is 27.6. The quantitative estimate of drug-likeness (QED) is 0.429. The average molecular weight is 408 g/mol. The number of rotatable bonds is 3. The van der Waals surface area contributed by atoms with Gasteiger partial charge in [-0.3, -0.25) is 19.7 Å². The van der Waals surface area contributed by atoms with Gasteiger partial charge in [-0.25, -0.2) is 14.1 Å². The molecule has 10 heteroatoms. The minimum atomic E-state index is -2.10. The second kappa shape index (κ2) is 6.23. The van der Waals surface area contributed by atoms with Crippen molar-refractivity contribution in [2.24, 2.45) is 5.92 Å². The number of nitrogens with zero attached hydrogens (tertiary/aromatic N) is 2. The fourth-order valence-corrected chi connectivity index (χ4v) is 4.16. The van der Waals surface area contributed by atoms with Crippen LogP contribution in [0.5, 0.6) is 0 Å². The summed E-state index contributed by atoms with van der Waals surface area (Å²) in [6, 6.07) is 3.13. The Balaban J connectivity index is 2.22. The van der Waals surface area contributed by atoms with Crippen molar-refractivity contribution < 1.29 is 33.2 Å². The number of carbonyl (C=O) groups is 3. The zero-order valence-electron chi connectivity index (χ0n) is 16.6. The van der Waals surface area contributed by atoms with Gasteiger partial charge in [-0.1, -0.05) is 0 Å². The number of esters is 1. The van der Waals surface area contributed by atoms with E-state index in [4.69, 9.17) is 9.47 Å². The van der Waals surface area contributed by atoms with Crippen LogP contribution in [0.25, 0.3) is 0 Å². The number of hydrogen-bond acceptors (Lipinski definition) is 7. The fourth-order valence-electron chi connectivity index (χ4n) is 4.16. The summed E-state index contributed by atoms with van der Waals surface area (Å²) < 4.78 is 24.3. The van der Waals surface area contributed by atoms with Crippen molar-refractivity contribution in [1.29, 1.82) is 0 Å². The van der Waals surface area contributed by atoms with Crippen molar-refractivity contribution in [3.63, 3.8) is 0 Å². The molecule has 1 spiro atoms. The summed E-state index contributed by atoms with van der Waals surface area (Å²) in [7, 11) is 0. The molecule has 3 rings (SSSR count). The minimum Gasteiger partial charge on any atom is -0.466 e. The molecule has 29 heavy (non-hydrogen) atoms. The maximum atomic E-state index is 14.1. The summed E-state index contributed by atoms with van der Waals surface area (Å²) in [4.78, 5) is 50.5. The van der Waals surface area contributed by atoms with Crippen LogP contribution < -0.4 is 4.90 Å². The first-order valence-electron chi connectivity index (χ1n) is 9.02. The van der Waals surface area contributed by atoms with E-state index in [0.29, 0.717) is 4.90 Å². The molecule has 2 aliphatic rings. The predicted molar refractivity (Wildman–Crippen MR) is 97.3 cm³/mol. The lowest BCUT2D eigenvalue weighted by molar-refractivity contribution is -0.540. The smallest absolute Gasteiger partial charge is 0.421 e. The Hall–Kier alpha value is -3.04. The topological polar surface area (TPSA) is 116 Å². The molecule has 1 fully saturated rings. The Bertz CT molecular complexity index is 941. The zero-order chi connectivity index (χ0) is 21.9. The second-order valence-corrected chi connectivity index (χ2v) is 8.18. The van der Waals surface area contributed by atoms with E-state index in [9.17, 15) is 28.9 Å². The van der Waals surface area contributed by atoms with Gasteiger partial charge in [0.05, 0.1) is 12.3 Å². The molecule has 0 bridgehead atoms. The van der Waals surface area contributed by atoms with E-state index < -0.39 is 51.2 Å². The summed E-state index contributed by atoms with van der Waals surface area (Å²) in [6.07, 6.45) is -1.06. The van der Waals surface area contributed by atoms with Gasteiger partial charge in [-0.2, -0.15) is 0 Å². The number of ether oxygens (including phenoxy) is 2. The van der Waals surface area contributed by atoms with Crippen LogP contribution in [0, 0.1) is 21.8 Å². The summed E-state index contributed by atoms with van der Waals surface area (Å²) in [5.74, 6) is -4.24. The molecule has 1 aliphatic carbocycles. The highest BCUT2D eigenvalue weighted by atomic mass is 19.1. The van der Waals surface area contributed by atoms with Gasteiger partial charge in [0.25, 0.3) is 11.4 Å². The lowest BCUT2D eigenvalue weighted by Gasteiger charge is -2.24. The van der Waals surface area contributed by atoms with Crippen molar-refractivity contribution in [2.75, 3.05) is 11.5 Å². The first kappa shape index (κ1) is 20.7. The van der Waals surface area contributed by atoms with Gasteiger partial charge >= 0.3 is 12.1 Å². The van der Waals surface area contributed by atoms with Crippen molar-refractivity contribution in [1.82, 2.24) is 0 Å². The molecule has 1 aromatic rings. The largest absolute Gasteiger partial charge is 0.466 e. The van der Waals surface area contributed by atoms with Gasteiger partial charge in [0.2, 0.25) is 0 Å². The van der Waals surface area contributed by atoms with Gasteiger partial charge in [0.1, 0.15) is 11.4 Å². The van der Waals surface area contributed by atoms with Gasteiger partial charge in [-0.05, 0) is 45.9 Å². The number of benzene rings is 1. The molecule has 1 unspecified atom stereocenters. The zero-order valence-corrected chi connectivity index (χ0v) is 16.6. The number of imide groups is 1.